The van der Waals surface area contributed by atoms with Crippen molar-refractivity contribution in [2.75, 3.05) is 11.4 Å². The van der Waals surface area contributed by atoms with Crippen LogP contribution in [0.25, 0.3) is 0 Å². The molecule has 0 aliphatic rings. The third-order valence-corrected chi connectivity index (χ3v) is 4.69. The van der Waals surface area contributed by atoms with Gasteiger partial charge < -0.3 is 10.0 Å². The van der Waals surface area contributed by atoms with Crippen LogP contribution in [0, 0.1) is 2.88 Å². The molecule has 0 bridgehead atoms. The van der Waals surface area contributed by atoms with Crippen molar-refractivity contribution in [3.8, 4) is 0 Å². The van der Waals surface area contributed by atoms with E-state index < -0.39 is 5.97 Å². The van der Waals surface area contributed by atoms with Crippen LogP contribution in [0.4, 0.5) is 5.69 Å². The van der Waals surface area contributed by atoms with Gasteiger partial charge in [-0.25, -0.2) is 0 Å². The summed E-state index contributed by atoms with van der Waals surface area (Å²) >= 11 is 3.70. The lowest BCUT2D eigenvalue weighted by Crippen LogP contribution is -2.31. The molecule has 21 heavy (non-hydrogen) atoms. The second-order valence-corrected chi connectivity index (χ2v) is 7.23. The number of carboxylic acids is 1. The Hall–Kier alpha value is -1.41. The summed E-state index contributed by atoms with van der Waals surface area (Å²) in [6.07, 6.45) is 0.481. The van der Waals surface area contributed by atoms with E-state index >= 15 is 0 Å². The molecule has 1 N–H and O–H groups in total. The molecule has 0 saturated heterocycles. The van der Waals surface area contributed by atoms with Gasteiger partial charge in [-0.15, -0.1) is 11.3 Å². The lowest BCUT2D eigenvalue weighted by atomic mass is 10.2. The first kappa shape index (κ1) is 16.0. The Morgan fingerprint density at radius 2 is 1.95 bits per heavy atom. The molecular weight excluding hydrogens is 401 g/mol. The topological polar surface area (TPSA) is 57.6 Å². The molecule has 1 aromatic heterocycles. The predicted octanol–water partition coefficient (Wildman–Crippen LogP) is 3.86. The highest BCUT2D eigenvalue weighted by Crippen LogP contribution is 2.22. The van der Waals surface area contributed by atoms with Gasteiger partial charge in [-0.3, -0.25) is 9.59 Å². The zero-order valence-corrected chi connectivity index (χ0v) is 14.1. The Morgan fingerprint density at radius 3 is 2.52 bits per heavy atom. The zero-order valence-electron chi connectivity index (χ0n) is 11.2. The van der Waals surface area contributed by atoms with E-state index in [1.807, 2.05) is 41.8 Å². The number of carbonyl (C=O) groups is 2. The largest absolute Gasteiger partial charge is 0.481 e. The van der Waals surface area contributed by atoms with Gasteiger partial charge in [0.25, 0.3) is 5.91 Å². The van der Waals surface area contributed by atoms with Gasteiger partial charge >= 0.3 is 5.97 Å². The van der Waals surface area contributed by atoms with Gasteiger partial charge in [0.15, 0.2) is 0 Å². The van der Waals surface area contributed by atoms with Gasteiger partial charge in [-0.05, 0) is 47.2 Å². The molecule has 2 aromatic rings. The molecule has 0 aliphatic carbocycles. The zero-order chi connectivity index (χ0) is 15.2. The van der Waals surface area contributed by atoms with Crippen LogP contribution in [0.3, 0.4) is 0 Å². The van der Waals surface area contributed by atoms with E-state index in [0.717, 1.165) is 8.57 Å². The minimum absolute atomic E-state index is 0.0534. The summed E-state index contributed by atoms with van der Waals surface area (Å²) in [7, 11) is 0. The van der Waals surface area contributed by atoms with Crippen molar-refractivity contribution in [1.82, 2.24) is 0 Å². The number of halogens is 1. The Morgan fingerprint density at radius 1 is 1.24 bits per heavy atom. The number of carboxylic acid groups (broad SMARTS) is 1. The Labute approximate surface area is 140 Å². The number of nitrogens with zero attached hydrogens (tertiary/aromatic N) is 1. The van der Waals surface area contributed by atoms with Crippen LogP contribution >= 0.6 is 33.9 Å². The molecule has 110 valence electrons. The number of aliphatic carboxylic acids is 1. The molecule has 6 heteroatoms. The van der Waals surface area contributed by atoms with E-state index in [9.17, 15) is 9.59 Å². The van der Waals surface area contributed by atoms with Crippen molar-refractivity contribution in [3.63, 3.8) is 0 Å². The summed E-state index contributed by atoms with van der Waals surface area (Å²) in [5, 5.41) is 10.6. The minimum atomic E-state index is -0.847. The van der Waals surface area contributed by atoms with E-state index in [-0.39, 0.29) is 12.3 Å². The third-order valence-electron chi connectivity index (χ3n) is 2.90. The van der Waals surface area contributed by atoms with Gasteiger partial charge in [0.2, 0.25) is 0 Å². The van der Waals surface area contributed by atoms with E-state index in [2.05, 4.69) is 22.6 Å². The maximum Gasteiger partial charge on any atom is 0.303 e. The average Bonchev–Trinajstić information content (AvgIpc) is 2.90. The fourth-order valence-corrected chi connectivity index (χ4v) is 3.24. The fourth-order valence-electron chi connectivity index (χ4n) is 1.92. The summed E-state index contributed by atoms with van der Waals surface area (Å²) in [6, 6.07) is 11.2. The van der Waals surface area contributed by atoms with Crippen molar-refractivity contribution >= 4 is 51.5 Å². The van der Waals surface area contributed by atoms with Crippen LogP contribution in [0.1, 0.15) is 23.2 Å². The molecule has 0 radical (unpaired) electrons. The minimum Gasteiger partial charge on any atom is -0.481 e. The van der Waals surface area contributed by atoms with E-state index in [1.165, 1.54) is 11.3 Å². The van der Waals surface area contributed by atoms with Gasteiger partial charge in [-0.1, -0.05) is 18.2 Å². The number of anilines is 1. The van der Waals surface area contributed by atoms with Crippen LogP contribution in [0.2, 0.25) is 0 Å². The maximum absolute atomic E-state index is 12.6. The average molecular weight is 415 g/mol. The van der Waals surface area contributed by atoms with E-state index in [0.29, 0.717) is 18.5 Å². The number of amides is 1. The summed E-state index contributed by atoms with van der Waals surface area (Å²) in [5.74, 6) is -0.939. The molecule has 0 spiro atoms. The second kappa shape index (κ2) is 7.56. The number of benzene rings is 1. The monoisotopic (exact) mass is 415 g/mol. The van der Waals surface area contributed by atoms with Gasteiger partial charge in [0, 0.05) is 24.0 Å². The first-order valence-electron chi connectivity index (χ1n) is 6.40. The molecule has 1 amide bonds. The highest BCUT2D eigenvalue weighted by molar-refractivity contribution is 14.1. The van der Waals surface area contributed by atoms with Crippen molar-refractivity contribution in [2.24, 2.45) is 0 Å². The standard InChI is InChI=1S/C15H14INO3S/c16-13-9-11(10-21-13)15(20)17(8-4-7-14(18)19)12-5-2-1-3-6-12/h1-3,5-6,9-10H,4,7-8H2,(H,18,19). The van der Waals surface area contributed by atoms with Gasteiger partial charge in [-0.2, -0.15) is 0 Å². The summed E-state index contributed by atoms with van der Waals surface area (Å²) in [4.78, 5) is 24.9. The van der Waals surface area contributed by atoms with Crippen LogP contribution in [-0.4, -0.2) is 23.5 Å². The molecule has 0 atom stereocenters. The lowest BCUT2D eigenvalue weighted by molar-refractivity contribution is -0.137. The normalized spacial score (nSPS) is 10.3. The maximum atomic E-state index is 12.6. The fraction of sp³-hybridized carbons (Fsp3) is 0.200. The first-order valence-corrected chi connectivity index (χ1v) is 8.36. The molecule has 0 fully saturated rings. The molecule has 0 saturated carbocycles. The van der Waals surface area contributed by atoms with Crippen molar-refractivity contribution in [1.29, 1.82) is 0 Å². The smallest absolute Gasteiger partial charge is 0.303 e. The molecule has 4 nitrogen and oxygen atoms in total. The SMILES string of the molecule is O=C(O)CCCN(C(=O)c1csc(I)c1)c1ccccc1. The number of hydrogen-bond donors (Lipinski definition) is 1. The number of para-hydroxylation sites is 1. The quantitative estimate of drug-likeness (QED) is 0.729. The predicted molar refractivity (Wildman–Crippen MR) is 92.0 cm³/mol. The number of hydrogen-bond acceptors (Lipinski definition) is 3. The van der Waals surface area contributed by atoms with Crippen LogP contribution in [0.15, 0.2) is 41.8 Å². The highest BCUT2D eigenvalue weighted by Gasteiger charge is 2.18. The summed E-state index contributed by atoms with van der Waals surface area (Å²) < 4.78 is 1.05. The Balaban J connectivity index is 2.19. The van der Waals surface area contributed by atoms with Crippen LogP contribution in [-0.2, 0) is 4.79 Å². The first-order chi connectivity index (χ1) is 10.1. The highest BCUT2D eigenvalue weighted by atomic mass is 127. The molecule has 0 unspecified atom stereocenters. The number of carbonyl (C=O) groups excluding carboxylic acids is 1. The van der Waals surface area contributed by atoms with E-state index in [1.54, 1.807) is 4.90 Å². The molecule has 2 rings (SSSR count). The Kier molecular flexibility index (Phi) is 5.75. The van der Waals surface area contributed by atoms with Crippen molar-refractivity contribution < 1.29 is 14.7 Å². The molecule has 0 aliphatic heterocycles. The summed E-state index contributed by atoms with van der Waals surface area (Å²) in [6.45, 7) is 0.390. The van der Waals surface area contributed by atoms with Crippen LogP contribution in [0.5, 0.6) is 0 Å². The number of rotatable bonds is 6. The van der Waals surface area contributed by atoms with Gasteiger partial charge in [0.1, 0.15) is 0 Å². The molecular formula is C15H14INO3S. The van der Waals surface area contributed by atoms with Gasteiger partial charge in [0.05, 0.1) is 8.45 Å². The lowest BCUT2D eigenvalue weighted by Gasteiger charge is -2.22. The van der Waals surface area contributed by atoms with E-state index in [4.69, 9.17) is 5.11 Å². The Bertz CT molecular complexity index is 627. The summed E-state index contributed by atoms with van der Waals surface area (Å²) in [5.41, 5.74) is 1.43. The molecule has 1 heterocycles. The van der Waals surface area contributed by atoms with Crippen molar-refractivity contribution in [3.05, 3.63) is 50.2 Å². The van der Waals surface area contributed by atoms with Crippen LogP contribution < -0.4 is 4.90 Å². The third kappa shape index (κ3) is 4.53. The second-order valence-electron chi connectivity index (χ2n) is 4.43. The van der Waals surface area contributed by atoms with Crippen molar-refractivity contribution in [2.45, 2.75) is 12.8 Å². The number of thiophene rings is 1. The molecule has 1 aromatic carbocycles.